The Morgan fingerprint density at radius 3 is 2.22 bits per heavy atom. The topological polar surface area (TPSA) is 94.5 Å². The number of amides is 1. The SMILES string of the molecule is COCCCN1C(=O)C(=O)/C(=C(/O)c2ccc(OC)cc2)[C@H]1c1ccc(OC)c(OC)c1. The normalized spacial score (nSPS) is 17.5. The number of hydrogen-bond donors (Lipinski definition) is 1. The number of ketones is 1. The molecule has 32 heavy (non-hydrogen) atoms. The standard InChI is InChI=1S/C24H27NO7/c1-29-13-5-12-25-21(16-8-11-18(31-3)19(14-16)32-4)20(23(27)24(25)28)22(26)15-6-9-17(30-2)10-7-15/h6-11,14,21,26H,5,12-13H2,1-4H3/b22-20+/t21-/m1/s1. The summed E-state index contributed by atoms with van der Waals surface area (Å²) in [5, 5.41) is 11.1. The molecule has 3 rings (SSSR count). The number of carbonyl (C=O) groups excluding carboxylic acids is 2. The molecule has 0 unspecified atom stereocenters. The summed E-state index contributed by atoms with van der Waals surface area (Å²) in [5.74, 6) is -0.0795. The molecule has 0 aromatic heterocycles. The number of likely N-dealkylation sites (tertiary alicyclic amines) is 1. The van der Waals surface area contributed by atoms with E-state index in [0.29, 0.717) is 41.4 Å². The molecule has 0 aliphatic carbocycles. The summed E-state index contributed by atoms with van der Waals surface area (Å²) in [7, 11) is 6.15. The Balaban J connectivity index is 2.14. The number of Topliss-reactive ketones (excluding diaryl/α,β-unsaturated/α-hetero) is 1. The number of aliphatic hydroxyl groups excluding tert-OH is 1. The van der Waals surface area contributed by atoms with Gasteiger partial charge in [0.05, 0.1) is 32.9 Å². The minimum Gasteiger partial charge on any atom is -0.507 e. The minimum atomic E-state index is -0.784. The van der Waals surface area contributed by atoms with Gasteiger partial charge in [-0.1, -0.05) is 6.07 Å². The first-order chi connectivity index (χ1) is 15.5. The predicted molar refractivity (Wildman–Crippen MR) is 118 cm³/mol. The molecule has 1 aliphatic heterocycles. The van der Waals surface area contributed by atoms with Gasteiger partial charge >= 0.3 is 0 Å². The summed E-state index contributed by atoms with van der Waals surface area (Å²) >= 11 is 0. The van der Waals surface area contributed by atoms with Crippen LogP contribution in [0.3, 0.4) is 0 Å². The molecule has 8 heteroatoms. The molecule has 0 spiro atoms. The van der Waals surface area contributed by atoms with Crippen molar-refractivity contribution >= 4 is 17.4 Å². The second-order valence-electron chi connectivity index (χ2n) is 7.18. The van der Waals surface area contributed by atoms with Crippen molar-refractivity contribution in [2.75, 3.05) is 41.6 Å². The molecular weight excluding hydrogens is 414 g/mol. The zero-order chi connectivity index (χ0) is 23.3. The molecule has 0 saturated carbocycles. The van der Waals surface area contributed by atoms with Gasteiger partial charge in [0, 0.05) is 25.8 Å². The molecule has 1 N–H and O–H groups in total. The molecule has 1 saturated heterocycles. The Labute approximate surface area is 187 Å². The highest BCUT2D eigenvalue weighted by Gasteiger charge is 2.46. The van der Waals surface area contributed by atoms with E-state index < -0.39 is 17.7 Å². The average Bonchev–Trinajstić information content (AvgIpc) is 3.08. The Kier molecular flexibility index (Phi) is 7.37. The van der Waals surface area contributed by atoms with Crippen LogP contribution in [0.15, 0.2) is 48.0 Å². The quantitative estimate of drug-likeness (QED) is 0.276. The first kappa shape index (κ1) is 23.1. The number of rotatable bonds is 9. The van der Waals surface area contributed by atoms with E-state index in [1.54, 1.807) is 49.6 Å². The molecule has 1 heterocycles. The molecule has 1 aliphatic rings. The van der Waals surface area contributed by atoms with Gasteiger partial charge in [0.2, 0.25) is 0 Å². The third-order valence-corrected chi connectivity index (χ3v) is 5.37. The van der Waals surface area contributed by atoms with Crippen LogP contribution in [0.4, 0.5) is 0 Å². The van der Waals surface area contributed by atoms with Crippen molar-refractivity contribution in [3.05, 3.63) is 59.2 Å². The van der Waals surface area contributed by atoms with Crippen LogP contribution in [0.25, 0.3) is 5.76 Å². The van der Waals surface area contributed by atoms with Crippen LogP contribution in [0.2, 0.25) is 0 Å². The average molecular weight is 441 g/mol. The maximum atomic E-state index is 13.0. The fourth-order valence-corrected chi connectivity index (χ4v) is 3.76. The van der Waals surface area contributed by atoms with Crippen LogP contribution in [0.5, 0.6) is 17.2 Å². The van der Waals surface area contributed by atoms with Crippen molar-refractivity contribution in [3.63, 3.8) is 0 Å². The van der Waals surface area contributed by atoms with Crippen molar-refractivity contribution in [2.24, 2.45) is 0 Å². The van der Waals surface area contributed by atoms with Gasteiger partial charge in [-0.15, -0.1) is 0 Å². The van der Waals surface area contributed by atoms with E-state index in [9.17, 15) is 14.7 Å². The summed E-state index contributed by atoms with van der Waals surface area (Å²) in [5.41, 5.74) is 1.05. The first-order valence-corrected chi connectivity index (χ1v) is 10.1. The molecule has 8 nitrogen and oxygen atoms in total. The largest absolute Gasteiger partial charge is 0.507 e. The zero-order valence-electron chi connectivity index (χ0n) is 18.6. The van der Waals surface area contributed by atoms with E-state index in [4.69, 9.17) is 18.9 Å². The third kappa shape index (κ3) is 4.40. The van der Waals surface area contributed by atoms with Gasteiger partial charge < -0.3 is 29.0 Å². The number of carbonyl (C=O) groups is 2. The summed E-state index contributed by atoms with van der Waals surface area (Å²) in [4.78, 5) is 27.4. The van der Waals surface area contributed by atoms with E-state index in [0.717, 1.165) is 0 Å². The maximum absolute atomic E-state index is 13.0. The summed E-state index contributed by atoms with van der Waals surface area (Å²) in [6.45, 7) is 0.719. The Morgan fingerprint density at radius 1 is 0.938 bits per heavy atom. The van der Waals surface area contributed by atoms with Crippen molar-refractivity contribution in [3.8, 4) is 17.2 Å². The number of nitrogens with zero attached hydrogens (tertiary/aromatic N) is 1. The Morgan fingerprint density at radius 2 is 1.62 bits per heavy atom. The van der Waals surface area contributed by atoms with E-state index in [1.165, 1.54) is 26.2 Å². The molecule has 2 aromatic carbocycles. The van der Waals surface area contributed by atoms with Crippen LogP contribution < -0.4 is 14.2 Å². The Hall–Kier alpha value is -3.52. The second kappa shape index (κ2) is 10.2. The van der Waals surface area contributed by atoms with E-state index in [-0.39, 0.29) is 17.9 Å². The molecular formula is C24H27NO7. The van der Waals surface area contributed by atoms with Crippen molar-refractivity contribution in [1.29, 1.82) is 0 Å². The highest BCUT2D eigenvalue weighted by atomic mass is 16.5. The van der Waals surface area contributed by atoms with Crippen LogP contribution in [-0.2, 0) is 14.3 Å². The molecule has 2 aromatic rings. The smallest absolute Gasteiger partial charge is 0.295 e. The summed E-state index contributed by atoms with van der Waals surface area (Å²) < 4.78 is 21.0. The maximum Gasteiger partial charge on any atom is 0.295 e. The van der Waals surface area contributed by atoms with Crippen LogP contribution in [-0.4, -0.2) is 63.3 Å². The number of hydrogen-bond acceptors (Lipinski definition) is 7. The fourth-order valence-electron chi connectivity index (χ4n) is 3.76. The lowest BCUT2D eigenvalue weighted by Crippen LogP contribution is -2.31. The van der Waals surface area contributed by atoms with Gasteiger partial charge in [-0.3, -0.25) is 9.59 Å². The molecule has 1 amide bonds. The molecule has 170 valence electrons. The summed E-state index contributed by atoms with van der Waals surface area (Å²) in [6, 6.07) is 11.0. The van der Waals surface area contributed by atoms with Crippen molar-refractivity contribution in [2.45, 2.75) is 12.5 Å². The highest BCUT2D eigenvalue weighted by molar-refractivity contribution is 6.46. The minimum absolute atomic E-state index is 0.0183. The van der Waals surface area contributed by atoms with Crippen LogP contribution >= 0.6 is 0 Å². The van der Waals surface area contributed by atoms with Gasteiger partial charge in [0.1, 0.15) is 11.5 Å². The lowest BCUT2D eigenvalue weighted by molar-refractivity contribution is -0.140. The molecule has 0 bridgehead atoms. The second-order valence-corrected chi connectivity index (χ2v) is 7.18. The molecule has 0 radical (unpaired) electrons. The van der Waals surface area contributed by atoms with Gasteiger partial charge in [-0.25, -0.2) is 0 Å². The van der Waals surface area contributed by atoms with Gasteiger partial charge in [-0.05, 0) is 48.4 Å². The number of benzene rings is 2. The third-order valence-electron chi connectivity index (χ3n) is 5.37. The van der Waals surface area contributed by atoms with Crippen LogP contribution in [0.1, 0.15) is 23.6 Å². The first-order valence-electron chi connectivity index (χ1n) is 10.1. The number of ether oxygens (including phenoxy) is 4. The fraction of sp³-hybridized carbons (Fsp3) is 0.333. The zero-order valence-corrected chi connectivity index (χ0v) is 18.6. The summed E-state index contributed by atoms with van der Waals surface area (Å²) in [6.07, 6.45) is 0.538. The van der Waals surface area contributed by atoms with Gasteiger partial charge in [-0.2, -0.15) is 0 Å². The van der Waals surface area contributed by atoms with E-state index in [2.05, 4.69) is 0 Å². The lowest BCUT2D eigenvalue weighted by atomic mass is 9.95. The lowest BCUT2D eigenvalue weighted by Gasteiger charge is -2.26. The van der Waals surface area contributed by atoms with Crippen molar-refractivity contribution < 1.29 is 33.6 Å². The molecule has 1 fully saturated rings. The van der Waals surface area contributed by atoms with Crippen LogP contribution in [0, 0.1) is 0 Å². The van der Waals surface area contributed by atoms with E-state index in [1.807, 2.05) is 0 Å². The van der Waals surface area contributed by atoms with Gasteiger partial charge in [0.15, 0.2) is 11.5 Å². The Bertz CT molecular complexity index is 1010. The molecule has 1 atom stereocenters. The highest BCUT2D eigenvalue weighted by Crippen LogP contribution is 2.42. The monoisotopic (exact) mass is 441 g/mol. The number of methoxy groups -OCH3 is 4. The number of aliphatic hydroxyl groups is 1. The van der Waals surface area contributed by atoms with Gasteiger partial charge in [0.25, 0.3) is 11.7 Å². The van der Waals surface area contributed by atoms with Crippen molar-refractivity contribution in [1.82, 2.24) is 4.90 Å². The predicted octanol–water partition coefficient (Wildman–Crippen LogP) is 3.17. The van der Waals surface area contributed by atoms with E-state index >= 15 is 0 Å².